The van der Waals surface area contributed by atoms with Crippen LogP contribution in [-0.2, 0) is 0 Å². The SMILES string of the molecule is C=CC(C)NCC(O)COc1ccc(Cl)c(C)c1. The smallest absolute Gasteiger partial charge is 0.119 e. The standard InChI is InChI=1S/C14H20ClNO2/c1-4-11(3)16-8-12(17)9-18-13-5-6-14(15)10(2)7-13/h4-7,11-12,16-17H,1,8-9H2,2-3H3. The van der Waals surface area contributed by atoms with Crippen molar-refractivity contribution in [3.63, 3.8) is 0 Å². The molecule has 0 bridgehead atoms. The van der Waals surface area contributed by atoms with Crippen molar-refractivity contribution in [2.24, 2.45) is 0 Å². The van der Waals surface area contributed by atoms with Gasteiger partial charge >= 0.3 is 0 Å². The van der Waals surface area contributed by atoms with Crippen LogP contribution in [0.2, 0.25) is 5.02 Å². The van der Waals surface area contributed by atoms with E-state index in [1.54, 1.807) is 18.2 Å². The molecule has 0 aliphatic heterocycles. The van der Waals surface area contributed by atoms with E-state index < -0.39 is 6.10 Å². The Balaban J connectivity index is 2.35. The zero-order valence-corrected chi connectivity index (χ0v) is 11.6. The predicted octanol–water partition coefficient (Wildman–Crippen LogP) is 2.55. The second-order valence-corrected chi connectivity index (χ2v) is 4.72. The first-order chi connectivity index (χ1) is 8.52. The van der Waals surface area contributed by atoms with Crippen molar-refractivity contribution in [2.75, 3.05) is 13.2 Å². The third kappa shape index (κ3) is 5.08. The van der Waals surface area contributed by atoms with Gasteiger partial charge < -0.3 is 15.2 Å². The van der Waals surface area contributed by atoms with Gasteiger partial charge in [-0.1, -0.05) is 17.7 Å². The molecule has 0 saturated carbocycles. The van der Waals surface area contributed by atoms with Crippen LogP contribution >= 0.6 is 11.6 Å². The maximum Gasteiger partial charge on any atom is 0.119 e. The minimum atomic E-state index is -0.552. The maximum atomic E-state index is 9.73. The number of nitrogens with one attached hydrogen (secondary N) is 1. The summed E-state index contributed by atoms with van der Waals surface area (Å²) in [5.74, 6) is 0.715. The Morgan fingerprint density at radius 3 is 2.89 bits per heavy atom. The van der Waals surface area contributed by atoms with Crippen molar-refractivity contribution in [1.29, 1.82) is 0 Å². The summed E-state index contributed by atoms with van der Waals surface area (Å²) < 4.78 is 5.50. The molecule has 0 aliphatic carbocycles. The Morgan fingerprint density at radius 2 is 2.28 bits per heavy atom. The third-order valence-electron chi connectivity index (χ3n) is 2.60. The van der Waals surface area contributed by atoms with Gasteiger partial charge in [0.15, 0.2) is 0 Å². The number of aliphatic hydroxyl groups excluding tert-OH is 1. The molecule has 0 aliphatic rings. The highest BCUT2D eigenvalue weighted by atomic mass is 35.5. The molecule has 0 amide bonds. The minimum Gasteiger partial charge on any atom is -0.491 e. The maximum absolute atomic E-state index is 9.73. The Labute approximate surface area is 113 Å². The van der Waals surface area contributed by atoms with Gasteiger partial charge in [-0.25, -0.2) is 0 Å². The van der Waals surface area contributed by atoms with Crippen LogP contribution in [0.4, 0.5) is 0 Å². The molecular formula is C14H20ClNO2. The van der Waals surface area contributed by atoms with Crippen molar-refractivity contribution < 1.29 is 9.84 Å². The van der Waals surface area contributed by atoms with Gasteiger partial charge in [0.1, 0.15) is 18.5 Å². The second kappa shape index (κ2) is 7.41. The average Bonchev–Trinajstić information content (AvgIpc) is 2.37. The van der Waals surface area contributed by atoms with Crippen molar-refractivity contribution in [3.05, 3.63) is 41.4 Å². The highest BCUT2D eigenvalue weighted by Crippen LogP contribution is 2.20. The molecule has 1 aromatic carbocycles. The van der Waals surface area contributed by atoms with Crippen molar-refractivity contribution in [1.82, 2.24) is 5.32 Å². The van der Waals surface area contributed by atoms with E-state index in [0.717, 1.165) is 5.56 Å². The first-order valence-corrected chi connectivity index (χ1v) is 6.33. The van der Waals surface area contributed by atoms with E-state index in [1.807, 2.05) is 19.9 Å². The number of hydrogen-bond donors (Lipinski definition) is 2. The molecule has 0 radical (unpaired) electrons. The number of hydrogen-bond acceptors (Lipinski definition) is 3. The Bertz CT molecular complexity index is 395. The van der Waals surface area contributed by atoms with Gasteiger partial charge in [0.2, 0.25) is 0 Å². The molecule has 1 rings (SSSR count). The van der Waals surface area contributed by atoms with Gasteiger partial charge in [0.05, 0.1) is 0 Å². The van der Waals surface area contributed by atoms with E-state index in [4.69, 9.17) is 16.3 Å². The summed E-state index contributed by atoms with van der Waals surface area (Å²) in [6, 6.07) is 5.62. The van der Waals surface area contributed by atoms with E-state index >= 15 is 0 Å². The highest BCUT2D eigenvalue weighted by molar-refractivity contribution is 6.31. The van der Waals surface area contributed by atoms with Gasteiger partial charge in [-0.15, -0.1) is 6.58 Å². The van der Waals surface area contributed by atoms with Gasteiger partial charge in [0, 0.05) is 17.6 Å². The molecule has 0 saturated heterocycles. The summed E-state index contributed by atoms with van der Waals surface area (Å²) in [6.45, 7) is 8.27. The topological polar surface area (TPSA) is 41.5 Å². The predicted molar refractivity (Wildman–Crippen MR) is 75.4 cm³/mol. The molecule has 2 atom stereocenters. The van der Waals surface area contributed by atoms with E-state index in [0.29, 0.717) is 17.3 Å². The molecular weight excluding hydrogens is 250 g/mol. The number of ether oxygens (including phenoxy) is 1. The highest BCUT2D eigenvalue weighted by Gasteiger charge is 2.07. The van der Waals surface area contributed by atoms with E-state index in [1.165, 1.54) is 0 Å². The molecule has 3 nitrogen and oxygen atoms in total. The molecule has 0 fully saturated rings. The Morgan fingerprint density at radius 1 is 1.56 bits per heavy atom. The second-order valence-electron chi connectivity index (χ2n) is 4.31. The lowest BCUT2D eigenvalue weighted by molar-refractivity contribution is 0.105. The molecule has 1 aromatic rings. The monoisotopic (exact) mass is 269 g/mol. The summed E-state index contributed by atoms with van der Waals surface area (Å²) in [4.78, 5) is 0. The first-order valence-electron chi connectivity index (χ1n) is 5.96. The summed E-state index contributed by atoms with van der Waals surface area (Å²) in [5.41, 5.74) is 0.960. The number of halogens is 1. The zero-order valence-electron chi connectivity index (χ0n) is 10.8. The molecule has 2 unspecified atom stereocenters. The van der Waals surface area contributed by atoms with Crippen molar-refractivity contribution in [2.45, 2.75) is 26.0 Å². The lowest BCUT2D eigenvalue weighted by Crippen LogP contribution is -2.35. The summed E-state index contributed by atoms with van der Waals surface area (Å²) in [6.07, 6.45) is 1.24. The fourth-order valence-electron chi connectivity index (χ4n) is 1.36. The average molecular weight is 270 g/mol. The van der Waals surface area contributed by atoms with E-state index in [-0.39, 0.29) is 12.6 Å². The van der Waals surface area contributed by atoms with E-state index in [9.17, 15) is 5.11 Å². The number of aliphatic hydroxyl groups is 1. The minimum absolute atomic E-state index is 0.178. The van der Waals surface area contributed by atoms with Crippen LogP contribution in [0, 0.1) is 6.92 Å². The molecule has 4 heteroatoms. The lowest BCUT2D eigenvalue weighted by atomic mass is 10.2. The number of aryl methyl sites for hydroxylation is 1. The zero-order chi connectivity index (χ0) is 13.5. The third-order valence-corrected chi connectivity index (χ3v) is 3.02. The van der Waals surface area contributed by atoms with Gasteiger partial charge in [0.25, 0.3) is 0 Å². The molecule has 18 heavy (non-hydrogen) atoms. The van der Waals surface area contributed by atoms with Gasteiger partial charge in [-0.2, -0.15) is 0 Å². The van der Waals surface area contributed by atoms with E-state index in [2.05, 4.69) is 11.9 Å². The molecule has 2 N–H and O–H groups in total. The quantitative estimate of drug-likeness (QED) is 0.748. The fourth-order valence-corrected chi connectivity index (χ4v) is 1.48. The first kappa shape index (κ1) is 15.0. The molecule has 0 spiro atoms. The molecule has 0 heterocycles. The van der Waals surface area contributed by atoms with Crippen LogP contribution in [0.5, 0.6) is 5.75 Å². The van der Waals surface area contributed by atoms with Gasteiger partial charge in [-0.3, -0.25) is 0 Å². The van der Waals surface area contributed by atoms with Crippen LogP contribution in [0.15, 0.2) is 30.9 Å². The largest absolute Gasteiger partial charge is 0.491 e. The Kier molecular flexibility index (Phi) is 6.19. The van der Waals surface area contributed by atoms with Crippen molar-refractivity contribution >= 4 is 11.6 Å². The van der Waals surface area contributed by atoms with Crippen LogP contribution in [0.3, 0.4) is 0 Å². The number of benzene rings is 1. The normalized spacial score (nSPS) is 14.0. The van der Waals surface area contributed by atoms with Crippen LogP contribution in [-0.4, -0.2) is 30.4 Å². The van der Waals surface area contributed by atoms with Crippen LogP contribution in [0.25, 0.3) is 0 Å². The van der Waals surface area contributed by atoms with Crippen LogP contribution in [0.1, 0.15) is 12.5 Å². The number of rotatable bonds is 7. The summed E-state index contributed by atoms with van der Waals surface area (Å²) in [7, 11) is 0. The van der Waals surface area contributed by atoms with Gasteiger partial charge in [-0.05, 0) is 37.6 Å². The van der Waals surface area contributed by atoms with Crippen LogP contribution < -0.4 is 10.1 Å². The van der Waals surface area contributed by atoms with Crippen molar-refractivity contribution in [3.8, 4) is 5.75 Å². The Hall–Kier alpha value is -1.03. The molecule has 100 valence electrons. The lowest BCUT2D eigenvalue weighted by Gasteiger charge is -2.15. The summed E-state index contributed by atoms with van der Waals surface area (Å²) >= 11 is 5.92. The molecule has 0 aromatic heterocycles. The fraction of sp³-hybridized carbons (Fsp3) is 0.429. The summed E-state index contributed by atoms with van der Waals surface area (Å²) in [5, 5.41) is 13.6.